The molecule has 0 unspecified atom stereocenters. The maximum absolute atomic E-state index is 9.03. The summed E-state index contributed by atoms with van der Waals surface area (Å²) in [6.07, 6.45) is 0.710. The zero-order valence-electron chi connectivity index (χ0n) is 12.6. The standard InChI is InChI=1S/C13H24ClN5O/c1-5-19(6-2)12-17-10(14)16-11(18-12)15-9-13(3,4)7-8-20/h20H,5-9H2,1-4H3,(H,15,16,17,18). The molecule has 6 nitrogen and oxygen atoms in total. The van der Waals surface area contributed by atoms with Crippen LogP contribution in [0, 0.1) is 5.41 Å². The predicted octanol–water partition coefficient (Wildman–Crippen LogP) is 2.19. The van der Waals surface area contributed by atoms with Crippen LogP contribution < -0.4 is 10.2 Å². The number of nitrogens with one attached hydrogen (secondary N) is 1. The first-order valence-corrected chi connectivity index (χ1v) is 7.31. The molecule has 0 aromatic carbocycles. The van der Waals surface area contributed by atoms with Crippen LogP contribution in [0.15, 0.2) is 0 Å². The van der Waals surface area contributed by atoms with Crippen molar-refractivity contribution in [2.75, 3.05) is 36.5 Å². The van der Waals surface area contributed by atoms with Gasteiger partial charge in [0.2, 0.25) is 17.2 Å². The normalized spacial score (nSPS) is 11.5. The Balaban J connectivity index is 2.80. The van der Waals surface area contributed by atoms with Crippen molar-refractivity contribution in [1.82, 2.24) is 15.0 Å². The van der Waals surface area contributed by atoms with Gasteiger partial charge in [-0.1, -0.05) is 13.8 Å². The number of anilines is 2. The van der Waals surface area contributed by atoms with Crippen LogP contribution in [0.3, 0.4) is 0 Å². The highest BCUT2D eigenvalue weighted by Gasteiger charge is 2.18. The van der Waals surface area contributed by atoms with E-state index in [9.17, 15) is 0 Å². The van der Waals surface area contributed by atoms with Crippen molar-refractivity contribution in [2.24, 2.45) is 5.41 Å². The molecule has 2 N–H and O–H groups in total. The fourth-order valence-corrected chi connectivity index (χ4v) is 1.93. The lowest BCUT2D eigenvalue weighted by atomic mass is 9.90. The van der Waals surface area contributed by atoms with Crippen molar-refractivity contribution < 1.29 is 5.11 Å². The fourth-order valence-electron chi connectivity index (χ4n) is 1.78. The lowest BCUT2D eigenvalue weighted by Crippen LogP contribution is -2.27. The molecule has 0 radical (unpaired) electrons. The number of aliphatic hydroxyl groups excluding tert-OH is 1. The van der Waals surface area contributed by atoms with Crippen LogP contribution in [0.4, 0.5) is 11.9 Å². The molecule has 0 aliphatic heterocycles. The highest BCUT2D eigenvalue weighted by Crippen LogP contribution is 2.20. The molecule has 1 aromatic heterocycles. The van der Waals surface area contributed by atoms with Crippen molar-refractivity contribution in [3.8, 4) is 0 Å². The number of nitrogens with zero attached hydrogens (tertiary/aromatic N) is 4. The predicted molar refractivity (Wildman–Crippen MR) is 82.4 cm³/mol. The molecule has 0 aliphatic rings. The molecule has 0 bridgehead atoms. The molecular weight excluding hydrogens is 278 g/mol. The number of halogens is 1. The summed E-state index contributed by atoms with van der Waals surface area (Å²) in [5, 5.41) is 12.4. The number of rotatable bonds is 8. The third kappa shape index (κ3) is 5.09. The fraction of sp³-hybridized carbons (Fsp3) is 0.769. The molecule has 7 heteroatoms. The summed E-state index contributed by atoms with van der Waals surface area (Å²) in [5.41, 5.74) is -0.0385. The van der Waals surface area contributed by atoms with Gasteiger partial charge in [-0.15, -0.1) is 0 Å². The van der Waals surface area contributed by atoms with Gasteiger partial charge in [-0.2, -0.15) is 15.0 Å². The first-order valence-electron chi connectivity index (χ1n) is 6.93. The van der Waals surface area contributed by atoms with E-state index < -0.39 is 0 Å². The molecule has 0 saturated heterocycles. The van der Waals surface area contributed by atoms with Gasteiger partial charge in [0.1, 0.15) is 0 Å². The van der Waals surface area contributed by atoms with Crippen molar-refractivity contribution in [2.45, 2.75) is 34.1 Å². The Morgan fingerprint density at radius 1 is 1.20 bits per heavy atom. The van der Waals surface area contributed by atoms with Crippen molar-refractivity contribution >= 4 is 23.5 Å². The zero-order valence-corrected chi connectivity index (χ0v) is 13.4. The first kappa shape index (κ1) is 16.9. The van der Waals surface area contributed by atoms with Crippen LogP contribution in [0.2, 0.25) is 5.28 Å². The number of aliphatic hydroxyl groups is 1. The van der Waals surface area contributed by atoms with E-state index in [4.69, 9.17) is 16.7 Å². The van der Waals surface area contributed by atoms with Crippen LogP contribution in [0.25, 0.3) is 0 Å². The van der Waals surface area contributed by atoms with Gasteiger partial charge >= 0.3 is 0 Å². The van der Waals surface area contributed by atoms with Crippen molar-refractivity contribution in [3.05, 3.63) is 5.28 Å². The van der Waals surface area contributed by atoms with E-state index >= 15 is 0 Å². The Morgan fingerprint density at radius 3 is 2.40 bits per heavy atom. The van der Waals surface area contributed by atoms with E-state index in [0.717, 1.165) is 13.1 Å². The third-order valence-electron chi connectivity index (χ3n) is 3.16. The summed E-state index contributed by atoms with van der Waals surface area (Å²) in [5.74, 6) is 1.05. The van der Waals surface area contributed by atoms with Crippen LogP contribution in [0.5, 0.6) is 0 Å². The minimum atomic E-state index is -0.0385. The van der Waals surface area contributed by atoms with Crippen LogP contribution in [-0.2, 0) is 0 Å². The van der Waals surface area contributed by atoms with E-state index in [-0.39, 0.29) is 17.3 Å². The Morgan fingerprint density at radius 2 is 1.85 bits per heavy atom. The minimum Gasteiger partial charge on any atom is -0.396 e. The lowest BCUT2D eigenvalue weighted by molar-refractivity contribution is 0.220. The number of hydrogen-bond acceptors (Lipinski definition) is 6. The molecule has 1 aromatic rings. The summed E-state index contributed by atoms with van der Waals surface area (Å²) in [7, 11) is 0. The maximum Gasteiger partial charge on any atom is 0.231 e. The highest BCUT2D eigenvalue weighted by molar-refractivity contribution is 6.28. The minimum absolute atomic E-state index is 0.0385. The molecule has 1 rings (SSSR count). The number of aromatic nitrogens is 3. The molecular formula is C13H24ClN5O. The summed E-state index contributed by atoms with van der Waals surface area (Å²) >= 11 is 5.95. The van der Waals surface area contributed by atoms with Gasteiger partial charge in [-0.3, -0.25) is 0 Å². The summed E-state index contributed by atoms with van der Waals surface area (Å²) in [4.78, 5) is 14.6. The molecule has 1 heterocycles. The van der Waals surface area contributed by atoms with Crippen molar-refractivity contribution in [1.29, 1.82) is 0 Å². The van der Waals surface area contributed by atoms with E-state index in [1.165, 1.54) is 0 Å². The van der Waals surface area contributed by atoms with Crippen LogP contribution >= 0.6 is 11.6 Å². The molecule has 0 atom stereocenters. The average Bonchev–Trinajstić information content (AvgIpc) is 2.37. The Kier molecular flexibility index (Phi) is 6.42. The van der Waals surface area contributed by atoms with Gasteiger partial charge < -0.3 is 15.3 Å². The van der Waals surface area contributed by atoms with Gasteiger partial charge in [0.15, 0.2) is 0 Å². The Hall–Kier alpha value is -1.14. The molecule has 0 amide bonds. The maximum atomic E-state index is 9.03. The Bertz CT molecular complexity index is 423. The summed E-state index contributed by atoms with van der Waals surface area (Å²) in [6, 6.07) is 0. The molecule has 0 saturated carbocycles. The molecule has 20 heavy (non-hydrogen) atoms. The summed E-state index contributed by atoms with van der Waals surface area (Å²) in [6.45, 7) is 10.7. The monoisotopic (exact) mass is 301 g/mol. The van der Waals surface area contributed by atoms with Gasteiger partial charge in [0.05, 0.1) is 0 Å². The second-order valence-corrected chi connectivity index (χ2v) is 5.73. The lowest BCUT2D eigenvalue weighted by Gasteiger charge is -2.24. The first-order chi connectivity index (χ1) is 9.41. The Labute approximate surface area is 125 Å². The topological polar surface area (TPSA) is 74.2 Å². The summed E-state index contributed by atoms with van der Waals surface area (Å²) < 4.78 is 0. The quantitative estimate of drug-likeness (QED) is 0.767. The molecule has 0 spiro atoms. The van der Waals surface area contributed by atoms with Gasteiger partial charge in [0.25, 0.3) is 0 Å². The number of hydrogen-bond donors (Lipinski definition) is 2. The van der Waals surface area contributed by atoms with Crippen LogP contribution in [0.1, 0.15) is 34.1 Å². The second-order valence-electron chi connectivity index (χ2n) is 5.39. The highest BCUT2D eigenvalue weighted by atomic mass is 35.5. The van der Waals surface area contributed by atoms with E-state index in [1.54, 1.807) is 0 Å². The SMILES string of the molecule is CCN(CC)c1nc(Cl)nc(NCC(C)(C)CCO)n1. The van der Waals surface area contributed by atoms with Gasteiger partial charge in [-0.05, 0) is 37.3 Å². The molecule has 114 valence electrons. The van der Waals surface area contributed by atoms with E-state index in [0.29, 0.717) is 24.9 Å². The molecule has 0 fully saturated rings. The smallest absolute Gasteiger partial charge is 0.231 e. The van der Waals surface area contributed by atoms with Crippen LogP contribution in [-0.4, -0.2) is 46.3 Å². The molecule has 0 aliphatic carbocycles. The van der Waals surface area contributed by atoms with Crippen molar-refractivity contribution in [3.63, 3.8) is 0 Å². The van der Waals surface area contributed by atoms with E-state index in [2.05, 4.69) is 34.1 Å². The van der Waals surface area contributed by atoms with Gasteiger partial charge in [0, 0.05) is 26.2 Å². The zero-order chi connectivity index (χ0) is 15.2. The third-order valence-corrected chi connectivity index (χ3v) is 3.33. The van der Waals surface area contributed by atoms with Gasteiger partial charge in [-0.25, -0.2) is 0 Å². The second kappa shape index (κ2) is 7.59. The average molecular weight is 302 g/mol. The van der Waals surface area contributed by atoms with E-state index in [1.807, 2.05) is 18.7 Å². The largest absolute Gasteiger partial charge is 0.396 e.